The first-order valence-corrected chi connectivity index (χ1v) is 13.1. The van der Waals surface area contributed by atoms with Crippen LogP contribution in [0.2, 0.25) is 0 Å². The molecule has 2 fully saturated rings. The van der Waals surface area contributed by atoms with Gasteiger partial charge in [-0.05, 0) is 43.4 Å². The van der Waals surface area contributed by atoms with E-state index in [0.717, 1.165) is 31.5 Å². The first-order chi connectivity index (χ1) is 19.0. The van der Waals surface area contributed by atoms with Crippen LogP contribution in [0.4, 0.5) is 11.6 Å². The van der Waals surface area contributed by atoms with E-state index in [9.17, 15) is 10.1 Å². The van der Waals surface area contributed by atoms with Crippen molar-refractivity contribution in [1.29, 1.82) is 5.26 Å². The molecule has 0 atom stereocenters. The lowest BCUT2D eigenvalue weighted by molar-refractivity contribution is 0.0254. The van der Waals surface area contributed by atoms with Crippen molar-refractivity contribution in [2.45, 2.75) is 18.9 Å². The summed E-state index contributed by atoms with van der Waals surface area (Å²) in [7, 11) is 3.61. The molecule has 2 saturated heterocycles. The summed E-state index contributed by atoms with van der Waals surface area (Å²) in [6, 6.07) is 14.9. The second-order valence-electron chi connectivity index (χ2n) is 9.65. The lowest BCUT2D eigenvalue weighted by atomic mass is 10.1. The fourth-order valence-corrected chi connectivity index (χ4v) is 4.69. The number of methoxy groups -OCH3 is 1. The van der Waals surface area contributed by atoms with Gasteiger partial charge in [0.2, 0.25) is 5.95 Å². The number of benzene rings is 2. The highest BCUT2D eigenvalue weighted by molar-refractivity contribution is 5.97. The lowest BCUT2D eigenvalue weighted by Crippen LogP contribution is -2.47. The molecule has 0 spiro atoms. The van der Waals surface area contributed by atoms with Crippen molar-refractivity contribution in [3.63, 3.8) is 0 Å². The standard InChI is InChI=1S/C29H32N6O4/c1-34-11-13-35(14-12-34)28(36)24-5-4-22(18-27(24)37-2)32-29-31-10-7-25(33-29)20-3-6-26(21(17-20)19-30)39-23-8-15-38-16-9-23/h3-7,10,17-18,23H,8-9,11-16H2,1-2H3,(H,31,32,33). The van der Waals surface area contributed by atoms with Gasteiger partial charge >= 0.3 is 0 Å². The quantitative estimate of drug-likeness (QED) is 0.490. The number of amides is 1. The molecule has 10 heteroatoms. The summed E-state index contributed by atoms with van der Waals surface area (Å²) in [5.74, 6) is 1.40. The SMILES string of the molecule is COc1cc(Nc2nccc(-c3ccc(OC4CCOCC4)c(C#N)c3)n2)ccc1C(=O)N1CCN(C)CC1. The number of likely N-dealkylation sites (N-methyl/N-ethyl adjacent to an activating group) is 1. The molecule has 5 rings (SSSR count). The van der Waals surface area contributed by atoms with Crippen LogP contribution in [0, 0.1) is 11.3 Å². The molecule has 2 aromatic carbocycles. The molecule has 10 nitrogen and oxygen atoms in total. The van der Waals surface area contributed by atoms with E-state index < -0.39 is 0 Å². The van der Waals surface area contributed by atoms with Gasteiger partial charge in [-0.2, -0.15) is 5.26 Å². The van der Waals surface area contributed by atoms with Crippen LogP contribution in [0.25, 0.3) is 11.3 Å². The molecule has 0 radical (unpaired) electrons. The van der Waals surface area contributed by atoms with Crippen LogP contribution in [-0.2, 0) is 4.74 Å². The number of carbonyl (C=O) groups is 1. The molecule has 1 aromatic heterocycles. The van der Waals surface area contributed by atoms with Crippen molar-refractivity contribution in [2.75, 3.05) is 58.9 Å². The van der Waals surface area contributed by atoms with E-state index in [1.165, 1.54) is 0 Å². The number of ether oxygens (including phenoxy) is 3. The maximum Gasteiger partial charge on any atom is 0.257 e. The highest BCUT2D eigenvalue weighted by Crippen LogP contribution is 2.29. The molecule has 1 N–H and O–H groups in total. The molecule has 202 valence electrons. The van der Waals surface area contributed by atoms with Gasteiger partial charge in [-0.1, -0.05) is 0 Å². The fourth-order valence-electron chi connectivity index (χ4n) is 4.69. The van der Waals surface area contributed by atoms with Gasteiger partial charge in [0.1, 0.15) is 23.7 Å². The van der Waals surface area contributed by atoms with Gasteiger partial charge in [0.05, 0.1) is 37.1 Å². The van der Waals surface area contributed by atoms with Gasteiger partial charge in [0.25, 0.3) is 5.91 Å². The van der Waals surface area contributed by atoms with Crippen LogP contribution in [0.3, 0.4) is 0 Å². The van der Waals surface area contributed by atoms with Gasteiger partial charge in [0, 0.05) is 62.5 Å². The molecule has 0 unspecified atom stereocenters. The van der Waals surface area contributed by atoms with Crippen molar-refractivity contribution < 1.29 is 19.0 Å². The number of nitriles is 1. The number of hydrogen-bond donors (Lipinski definition) is 1. The molecular weight excluding hydrogens is 496 g/mol. The van der Waals surface area contributed by atoms with Gasteiger partial charge in [0.15, 0.2) is 0 Å². The number of carbonyl (C=O) groups excluding carboxylic acids is 1. The van der Waals surface area contributed by atoms with Gasteiger partial charge in [-0.25, -0.2) is 9.97 Å². The Morgan fingerprint density at radius 1 is 1.08 bits per heavy atom. The number of rotatable bonds is 7. The van der Waals surface area contributed by atoms with E-state index in [4.69, 9.17) is 14.2 Å². The Morgan fingerprint density at radius 3 is 2.62 bits per heavy atom. The van der Waals surface area contributed by atoms with E-state index in [2.05, 4.69) is 33.3 Å². The molecular formula is C29H32N6O4. The molecule has 0 bridgehead atoms. The topological polar surface area (TPSA) is 113 Å². The second kappa shape index (κ2) is 12.1. The van der Waals surface area contributed by atoms with Crippen molar-refractivity contribution >= 4 is 17.5 Å². The Balaban J connectivity index is 1.31. The average Bonchev–Trinajstić information content (AvgIpc) is 2.98. The van der Waals surface area contributed by atoms with Crippen LogP contribution >= 0.6 is 0 Å². The van der Waals surface area contributed by atoms with E-state index in [1.54, 1.807) is 37.6 Å². The first-order valence-electron chi connectivity index (χ1n) is 13.1. The largest absolute Gasteiger partial charge is 0.496 e. The number of aromatic nitrogens is 2. The summed E-state index contributed by atoms with van der Waals surface area (Å²) >= 11 is 0. The monoisotopic (exact) mass is 528 g/mol. The van der Waals surface area contributed by atoms with Gasteiger partial charge in [-0.15, -0.1) is 0 Å². The van der Waals surface area contributed by atoms with E-state index in [-0.39, 0.29) is 12.0 Å². The van der Waals surface area contributed by atoms with Gasteiger partial charge in [-0.3, -0.25) is 4.79 Å². The zero-order chi connectivity index (χ0) is 27.2. The third-order valence-corrected chi connectivity index (χ3v) is 6.99. The fraction of sp³-hybridized carbons (Fsp3) is 0.379. The molecule has 2 aliphatic heterocycles. The first kappa shape index (κ1) is 26.4. The van der Waals surface area contributed by atoms with E-state index >= 15 is 0 Å². The number of anilines is 2. The Morgan fingerprint density at radius 2 is 1.87 bits per heavy atom. The van der Waals surface area contributed by atoms with Crippen molar-refractivity contribution in [3.05, 3.63) is 59.8 Å². The zero-order valence-corrected chi connectivity index (χ0v) is 22.2. The Labute approximate surface area is 228 Å². The summed E-state index contributed by atoms with van der Waals surface area (Å²) in [5, 5.41) is 12.9. The molecule has 39 heavy (non-hydrogen) atoms. The highest BCUT2D eigenvalue weighted by atomic mass is 16.5. The van der Waals surface area contributed by atoms with Crippen LogP contribution in [-0.4, -0.2) is 85.3 Å². The minimum atomic E-state index is -0.0395. The van der Waals surface area contributed by atoms with Crippen molar-refractivity contribution in [1.82, 2.24) is 19.8 Å². The molecule has 2 aliphatic rings. The summed E-state index contributed by atoms with van der Waals surface area (Å²) in [4.78, 5) is 26.1. The van der Waals surface area contributed by atoms with Crippen LogP contribution in [0.5, 0.6) is 11.5 Å². The van der Waals surface area contributed by atoms with E-state index in [1.807, 2.05) is 23.1 Å². The summed E-state index contributed by atoms with van der Waals surface area (Å²) in [6.45, 7) is 4.42. The Bertz CT molecular complexity index is 1360. The molecule has 0 aliphatic carbocycles. The van der Waals surface area contributed by atoms with Crippen LogP contribution in [0.1, 0.15) is 28.8 Å². The summed E-state index contributed by atoms with van der Waals surface area (Å²) in [6.07, 6.45) is 3.32. The lowest BCUT2D eigenvalue weighted by Gasteiger charge is -2.32. The maximum atomic E-state index is 13.1. The Kier molecular flexibility index (Phi) is 8.20. The summed E-state index contributed by atoms with van der Waals surface area (Å²) in [5.41, 5.74) is 3.11. The average molecular weight is 529 g/mol. The molecule has 3 heterocycles. The van der Waals surface area contributed by atoms with Gasteiger partial charge < -0.3 is 29.3 Å². The van der Waals surface area contributed by atoms with Crippen molar-refractivity contribution in [2.24, 2.45) is 0 Å². The smallest absolute Gasteiger partial charge is 0.257 e. The van der Waals surface area contributed by atoms with Crippen LogP contribution < -0.4 is 14.8 Å². The second-order valence-corrected chi connectivity index (χ2v) is 9.65. The number of nitrogens with zero attached hydrogens (tertiary/aromatic N) is 5. The number of piperazine rings is 1. The maximum absolute atomic E-state index is 13.1. The highest BCUT2D eigenvalue weighted by Gasteiger charge is 2.23. The van der Waals surface area contributed by atoms with Crippen LogP contribution in [0.15, 0.2) is 48.7 Å². The number of nitrogens with one attached hydrogen (secondary N) is 1. The predicted molar refractivity (Wildman–Crippen MR) is 146 cm³/mol. The zero-order valence-electron chi connectivity index (χ0n) is 22.2. The molecule has 0 saturated carbocycles. The number of hydrogen-bond acceptors (Lipinski definition) is 9. The molecule has 1 amide bonds. The van der Waals surface area contributed by atoms with E-state index in [0.29, 0.717) is 66.3 Å². The summed E-state index contributed by atoms with van der Waals surface area (Å²) < 4.78 is 17.0. The minimum Gasteiger partial charge on any atom is -0.496 e. The third kappa shape index (κ3) is 6.28. The Hall–Kier alpha value is -4.20. The predicted octanol–water partition coefficient (Wildman–Crippen LogP) is 3.71. The van der Waals surface area contributed by atoms with Crippen molar-refractivity contribution in [3.8, 4) is 28.8 Å². The molecule has 3 aromatic rings. The normalized spacial score (nSPS) is 16.4. The third-order valence-electron chi connectivity index (χ3n) is 6.99. The minimum absolute atomic E-state index is 0.0395.